The van der Waals surface area contributed by atoms with Crippen molar-refractivity contribution >= 4 is 29.2 Å². The molecule has 0 unspecified atom stereocenters. The minimum Gasteiger partial charge on any atom is -0.459 e. The maximum atomic E-state index is 13.6. The zero-order chi connectivity index (χ0) is 22.6. The van der Waals surface area contributed by atoms with Crippen LogP contribution in [0.1, 0.15) is 43.1 Å². The lowest BCUT2D eigenvalue weighted by molar-refractivity contribution is -0.153. The highest BCUT2D eigenvalue weighted by Crippen LogP contribution is 2.30. The quantitative estimate of drug-likeness (QED) is 0.747. The fourth-order valence-corrected chi connectivity index (χ4v) is 3.70. The SMILES string of the molecule is CC(C)(C)OC(=O)CN(C(=O)CN)c1ccccc1C(=O)N1CCCc2ccccc21. The molecule has 7 nitrogen and oxygen atoms in total. The Hall–Kier alpha value is -3.19. The number of carbonyl (C=O) groups excluding carboxylic acids is 3. The molecule has 1 heterocycles. The van der Waals surface area contributed by atoms with Gasteiger partial charge in [-0.3, -0.25) is 19.3 Å². The summed E-state index contributed by atoms with van der Waals surface area (Å²) in [7, 11) is 0. The Labute approximate surface area is 182 Å². The number of anilines is 2. The van der Waals surface area contributed by atoms with Gasteiger partial charge in [0.15, 0.2) is 0 Å². The highest BCUT2D eigenvalue weighted by Gasteiger charge is 2.29. The van der Waals surface area contributed by atoms with Crippen LogP contribution in [-0.2, 0) is 20.7 Å². The summed E-state index contributed by atoms with van der Waals surface area (Å²) >= 11 is 0. The fraction of sp³-hybridized carbons (Fsp3) is 0.375. The van der Waals surface area contributed by atoms with E-state index in [4.69, 9.17) is 10.5 Å². The van der Waals surface area contributed by atoms with E-state index in [9.17, 15) is 14.4 Å². The van der Waals surface area contributed by atoms with Gasteiger partial charge < -0.3 is 15.4 Å². The summed E-state index contributed by atoms with van der Waals surface area (Å²) in [6.45, 7) is 5.23. The molecular weight excluding hydrogens is 394 g/mol. The predicted octanol–water partition coefficient (Wildman–Crippen LogP) is 2.91. The van der Waals surface area contributed by atoms with E-state index in [1.165, 1.54) is 4.90 Å². The molecule has 0 saturated heterocycles. The van der Waals surface area contributed by atoms with Gasteiger partial charge in [-0.05, 0) is 57.4 Å². The van der Waals surface area contributed by atoms with Crippen molar-refractivity contribution in [1.29, 1.82) is 0 Å². The van der Waals surface area contributed by atoms with Gasteiger partial charge in [0, 0.05) is 12.2 Å². The molecule has 164 valence electrons. The average Bonchev–Trinajstić information content (AvgIpc) is 2.75. The molecule has 0 fully saturated rings. The second-order valence-electron chi connectivity index (χ2n) is 8.48. The number of nitrogens with zero attached hydrogens (tertiary/aromatic N) is 2. The predicted molar refractivity (Wildman–Crippen MR) is 120 cm³/mol. The Bertz CT molecular complexity index is 981. The average molecular weight is 424 g/mol. The van der Waals surface area contributed by atoms with E-state index >= 15 is 0 Å². The van der Waals surface area contributed by atoms with Crippen LogP contribution in [0.3, 0.4) is 0 Å². The van der Waals surface area contributed by atoms with Crippen molar-refractivity contribution in [1.82, 2.24) is 0 Å². The summed E-state index contributed by atoms with van der Waals surface area (Å²) < 4.78 is 5.38. The number of fused-ring (bicyclic) bond motifs is 1. The maximum Gasteiger partial charge on any atom is 0.326 e. The number of hydrogen-bond acceptors (Lipinski definition) is 5. The molecule has 0 bridgehead atoms. The van der Waals surface area contributed by atoms with Gasteiger partial charge in [0.2, 0.25) is 5.91 Å². The molecule has 2 amide bonds. The summed E-state index contributed by atoms with van der Waals surface area (Å²) in [4.78, 5) is 41.6. The second kappa shape index (κ2) is 9.31. The van der Waals surface area contributed by atoms with Gasteiger partial charge in [-0.2, -0.15) is 0 Å². The Morgan fingerprint density at radius 2 is 1.74 bits per heavy atom. The standard InChI is InChI=1S/C24H29N3O4/c1-24(2,3)31-22(29)16-27(21(28)15-25)20-13-7-5-11-18(20)23(30)26-14-8-10-17-9-4-6-12-19(17)26/h4-7,9,11-13H,8,10,14-16,25H2,1-3H3. The first-order valence-electron chi connectivity index (χ1n) is 10.4. The molecule has 3 rings (SSSR count). The van der Waals surface area contributed by atoms with E-state index in [0.29, 0.717) is 17.8 Å². The van der Waals surface area contributed by atoms with Crippen LogP contribution in [0.4, 0.5) is 11.4 Å². The monoisotopic (exact) mass is 423 g/mol. The van der Waals surface area contributed by atoms with Crippen molar-refractivity contribution < 1.29 is 19.1 Å². The molecule has 1 aliphatic rings. The van der Waals surface area contributed by atoms with E-state index in [2.05, 4.69) is 0 Å². The molecule has 0 atom stereocenters. The minimum atomic E-state index is -0.693. The zero-order valence-electron chi connectivity index (χ0n) is 18.3. The highest BCUT2D eigenvalue weighted by atomic mass is 16.6. The van der Waals surface area contributed by atoms with E-state index in [1.807, 2.05) is 24.3 Å². The van der Waals surface area contributed by atoms with Crippen LogP contribution in [0.25, 0.3) is 0 Å². The number of amides is 2. The third-order valence-electron chi connectivity index (χ3n) is 4.96. The number of hydrogen-bond donors (Lipinski definition) is 1. The topological polar surface area (TPSA) is 92.9 Å². The molecule has 31 heavy (non-hydrogen) atoms. The molecule has 1 aliphatic heterocycles. The van der Waals surface area contributed by atoms with E-state index in [1.54, 1.807) is 49.9 Å². The molecule has 2 aromatic rings. The molecule has 0 aliphatic carbocycles. The molecule has 0 aromatic heterocycles. The lowest BCUT2D eigenvalue weighted by Gasteiger charge is -2.31. The van der Waals surface area contributed by atoms with Gasteiger partial charge >= 0.3 is 5.97 Å². The van der Waals surface area contributed by atoms with Gasteiger partial charge in [0.05, 0.1) is 17.8 Å². The smallest absolute Gasteiger partial charge is 0.326 e. The number of esters is 1. The second-order valence-corrected chi connectivity index (χ2v) is 8.48. The zero-order valence-corrected chi connectivity index (χ0v) is 18.3. The fourth-order valence-electron chi connectivity index (χ4n) is 3.70. The lowest BCUT2D eigenvalue weighted by Crippen LogP contribution is -2.43. The summed E-state index contributed by atoms with van der Waals surface area (Å²) in [5.41, 5.74) is 7.58. The van der Waals surface area contributed by atoms with Crippen LogP contribution in [0.15, 0.2) is 48.5 Å². The highest BCUT2D eigenvalue weighted by molar-refractivity contribution is 6.13. The van der Waals surface area contributed by atoms with Gasteiger partial charge in [-0.25, -0.2) is 0 Å². The Kier molecular flexibility index (Phi) is 6.75. The summed E-state index contributed by atoms with van der Waals surface area (Å²) in [5, 5.41) is 0. The molecule has 2 aromatic carbocycles. The van der Waals surface area contributed by atoms with Gasteiger partial charge in [0.25, 0.3) is 5.91 Å². The third kappa shape index (κ3) is 5.30. The van der Waals surface area contributed by atoms with Gasteiger partial charge in [-0.1, -0.05) is 30.3 Å². The Morgan fingerprint density at radius 1 is 1.06 bits per heavy atom. The molecule has 0 saturated carbocycles. The van der Waals surface area contributed by atoms with Crippen molar-refractivity contribution in [2.75, 3.05) is 29.4 Å². The van der Waals surface area contributed by atoms with Crippen LogP contribution < -0.4 is 15.5 Å². The number of nitrogens with two attached hydrogens (primary N) is 1. The molecule has 0 spiro atoms. The molecular formula is C24H29N3O4. The van der Waals surface area contributed by atoms with E-state index in [0.717, 1.165) is 24.1 Å². The first kappa shape index (κ1) is 22.5. The number of aryl methyl sites for hydroxylation is 1. The Morgan fingerprint density at radius 3 is 2.45 bits per heavy atom. The van der Waals surface area contributed by atoms with Crippen molar-refractivity contribution in [3.63, 3.8) is 0 Å². The van der Waals surface area contributed by atoms with Gasteiger partial charge in [-0.15, -0.1) is 0 Å². The number of rotatable bonds is 5. The van der Waals surface area contributed by atoms with Crippen LogP contribution in [0, 0.1) is 0 Å². The summed E-state index contributed by atoms with van der Waals surface area (Å²) in [5.74, 6) is -1.26. The Balaban J connectivity index is 1.96. The number of carbonyl (C=O) groups is 3. The molecule has 2 N–H and O–H groups in total. The third-order valence-corrected chi connectivity index (χ3v) is 4.96. The van der Waals surface area contributed by atoms with Crippen LogP contribution in [0.2, 0.25) is 0 Å². The van der Waals surface area contributed by atoms with Gasteiger partial charge in [0.1, 0.15) is 12.1 Å². The van der Waals surface area contributed by atoms with E-state index < -0.39 is 17.5 Å². The maximum absolute atomic E-state index is 13.6. The first-order chi connectivity index (χ1) is 14.7. The van der Waals surface area contributed by atoms with Crippen molar-refractivity contribution in [3.8, 4) is 0 Å². The largest absolute Gasteiger partial charge is 0.459 e. The number of para-hydroxylation sites is 2. The van der Waals surface area contributed by atoms with Crippen molar-refractivity contribution in [2.45, 2.75) is 39.2 Å². The lowest BCUT2D eigenvalue weighted by atomic mass is 10.0. The van der Waals surface area contributed by atoms with Crippen LogP contribution >= 0.6 is 0 Å². The molecule has 7 heteroatoms. The van der Waals surface area contributed by atoms with E-state index in [-0.39, 0.29) is 19.0 Å². The first-order valence-corrected chi connectivity index (χ1v) is 10.4. The minimum absolute atomic E-state index is 0.221. The van der Waals surface area contributed by atoms with Crippen molar-refractivity contribution in [3.05, 3.63) is 59.7 Å². The normalized spacial score (nSPS) is 13.4. The summed E-state index contributed by atoms with van der Waals surface area (Å²) in [6, 6.07) is 14.6. The summed E-state index contributed by atoms with van der Waals surface area (Å²) in [6.07, 6.45) is 1.77. The number of ether oxygens (including phenoxy) is 1. The van der Waals surface area contributed by atoms with Crippen LogP contribution in [0.5, 0.6) is 0 Å². The number of benzene rings is 2. The van der Waals surface area contributed by atoms with Crippen molar-refractivity contribution in [2.24, 2.45) is 5.73 Å². The van der Waals surface area contributed by atoms with Crippen LogP contribution in [-0.4, -0.2) is 43.0 Å². The molecule has 0 radical (unpaired) electrons.